The number of aliphatic carboxylic acids is 1. The van der Waals surface area contributed by atoms with Gasteiger partial charge < -0.3 is 5.11 Å². The number of carboxylic acids is 1. The van der Waals surface area contributed by atoms with Crippen LogP contribution in [0.15, 0.2) is 22.7 Å². The molecule has 1 aromatic rings. The zero-order chi connectivity index (χ0) is 14.0. The van der Waals surface area contributed by atoms with Crippen LogP contribution in [0, 0.1) is 17.7 Å². The van der Waals surface area contributed by atoms with Gasteiger partial charge in [-0.1, -0.05) is 22.9 Å². The molecule has 1 N–H and O–H groups in total. The lowest BCUT2D eigenvalue weighted by atomic mass is 9.90. The Labute approximate surface area is 120 Å². The number of rotatable bonds is 3. The third-order valence-corrected chi connectivity index (χ3v) is 3.87. The summed E-state index contributed by atoms with van der Waals surface area (Å²) in [6, 6.07) is 4.79. The third-order valence-electron chi connectivity index (χ3n) is 3.41. The van der Waals surface area contributed by atoms with E-state index in [2.05, 4.69) is 27.8 Å². The predicted molar refractivity (Wildman–Crippen MR) is 74.3 cm³/mol. The van der Waals surface area contributed by atoms with Crippen LogP contribution in [0.25, 0.3) is 0 Å². The summed E-state index contributed by atoms with van der Waals surface area (Å²) >= 11 is 3.27. The van der Waals surface area contributed by atoms with Gasteiger partial charge in [-0.2, -0.15) is 0 Å². The molecule has 19 heavy (non-hydrogen) atoms. The van der Waals surface area contributed by atoms with Crippen LogP contribution >= 0.6 is 15.9 Å². The molecule has 1 aliphatic rings. The molecule has 0 saturated carbocycles. The highest BCUT2D eigenvalue weighted by Crippen LogP contribution is 2.24. The molecular weight excluding hydrogens is 313 g/mol. The van der Waals surface area contributed by atoms with Crippen LogP contribution in [-0.2, 0) is 11.3 Å². The molecule has 104 valence electrons. The van der Waals surface area contributed by atoms with Crippen LogP contribution in [0.5, 0.6) is 0 Å². The molecule has 0 aromatic heterocycles. The fourth-order valence-electron chi connectivity index (χ4n) is 2.73. The maximum Gasteiger partial charge on any atom is 0.307 e. The van der Waals surface area contributed by atoms with E-state index in [1.54, 1.807) is 0 Å². The van der Waals surface area contributed by atoms with E-state index >= 15 is 0 Å². The molecule has 1 heterocycles. The standard InChI is InChI=1S/C14H17BrFNO2/c1-9-2-11(14(18)19)8-17(6-9)7-10-3-12(15)5-13(16)4-10/h3-5,9,11H,2,6-8H2,1H3,(H,18,19). The summed E-state index contributed by atoms with van der Waals surface area (Å²) in [5, 5.41) is 9.13. The molecule has 1 aliphatic heterocycles. The van der Waals surface area contributed by atoms with Crippen molar-refractivity contribution in [2.24, 2.45) is 11.8 Å². The van der Waals surface area contributed by atoms with Crippen molar-refractivity contribution in [3.63, 3.8) is 0 Å². The van der Waals surface area contributed by atoms with E-state index in [0.717, 1.165) is 18.5 Å². The maximum absolute atomic E-state index is 13.3. The minimum absolute atomic E-state index is 0.274. The van der Waals surface area contributed by atoms with Gasteiger partial charge in [0.2, 0.25) is 0 Å². The molecule has 2 unspecified atom stereocenters. The minimum atomic E-state index is -0.739. The van der Waals surface area contributed by atoms with Crippen molar-refractivity contribution in [2.75, 3.05) is 13.1 Å². The summed E-state index contributed by atoms with van der Waals surface area (Å²) in [7, 11) is 0. The Hall–Kier alpha value is -0.940. The topological polar surface area (TPSA) is 40.5 Å². The Morgan fingerprint density at radius 1 is 1.47 bits per heavy atom. The largest absolute Gasteiger partial charge is 0.481 e. The van der Waals surface area contributed by atoms with E-state index in [-0.39, 0.29) is 11.7 Å². The second kappa shape index (κ2) is 6.01. The van der Waals surface area contributed by atoms with Crippen molar-refractivity contribution < 1.29 is 14.3 Å². The molecule has 3 nitrogen and oxygen atoms in total. The second-order valence-electron chi connectivity index (χ2n) is 5.35. The van der Waals surface area contributed by atoms with Crippen molar-refractivity contribution in [3.8, 4) is 0 Å². The number of carboxylic acid groups (broad SMARTS) is 1. The lowest BCUT2D eigenvalue weighted by Crippen LogP contribution is -2.41. The highest BCUT2D eigenvalue weighted by Gasteiger charge is 2.29. The predicted octanol–water partition coefficient (Wildman–Crippen LogP) is 3.13. The van der Waals surface area contributed by atoms with Gasteiger partial charge in [0, 0.05) is 24.1 Å². The molecule has 5 heteroatoms. The first-order valence-electron chi connectivity index (χ1n) is 6.34. The molecule has 0 spiro atoms. The van der Waals surface area contributed by atoms with Gasteiger partial charge in [0.15, 0.2) is 0 Å². The molecule has 0 amide bonds. The SMILES string of the molecule is CC1CC(C(=O)O)CN(Cc2cc(F)cc(Br)c2)C1. The van der Waals surface area contributed by atoms with Gasteiger partial charge in [0.25, 0.3) is 0 Å². The molecule has 1 fully saturated rings. The lowest BCUT2D eigenvalue weighted by Gasteiger charge is -2.34. The first-order chi connectivity index (χ1) is 8.94. The minimum Gasteiger partial charge on any atom is -0.481 e. The molecule has 2 rings (SSSR count). The smallest absolute Gasteiger partial charge is 0.307 e. The Balaban J connectivity index is 2.07. The highest BCUT2D eigenvalue weighted by molar-refractivity contribution is 9.10. The number of nitrogens with zero attached hydrogens (tertiary/aromatic N) is 1. The van der Waals surface area contributed by atoms with E-state index in [0.29, 0.717) is 23.5 Å². The highest BCUT2D eigenvalue weighted by atomic mass is 79.9. The van der Waals surface area contributed by atoms with Crippen molar-refractivity contribution >= 4 is 21.9 Å². The number of benzene rings is 1. The molecule has 1 saturated heterocycles. The normalized spacial score (nSPS) is 24.4. The molecule has 0 aliphatic carbocycles. The zero-order valence-corrected chi connectivity index (χ0v) is 12.4. The van der Waals surface area contributed by atoms with Crippen LogP contribution in [0.4, 0.5) is 4.39 Å². The van der Waals surface area contributed by atoms with Crippen LogP contribution in [0.2, 0.25) is 0 Å². The van der Waals surface area contributed by atoms with Crippen molar-refractivity contribution in [1.29, 1.82) is 0 Å². The molecule has 2 atom stereocenters. The summed E-state index contributed by atoms with van der Waals surface area (Å²) in [6.07, 6.45) is 0.721. The number of hydrogen-bond acceptors (Lipinski definition) is 2. The van der Waals surface area contributed by atoms with E-state index < -0.39 is 5.97 Å². The molecular formula is C14H17BrFNO2. The fourth-order valence-corrected chi connectivity index (χ4v) is 3.24. The van der Waals surface area contributed by atoms with Crippen molar-refractivity contribution in [3.05, 3.63) is 34.1 Å². The number of likely N-dealkylation sites (tertiary alicyclic amines) is 1. The number of piperidine rings is 1. The molecule has 0 bridgehead atoms. The van der Waals surface area contributed by atoms with Crippen LogP contribution in [-0.4, -0.2) is 29.1 Å². The van der Waals surface area contributed by atoms with Crippen molar-refractivity contribution in [2.45, 2.75) is 19.9 Å². The van der Waals surface area contributed by atoms with Gasteiger partial charge >= 0.3 is 5.97 Å². The van der Waals surface area contributed by atoms with Gasteiger partial charge in [0.1, 0.15) is 5.82 Å². The quantitative estimate of drug-likeness (QED) is 0.926. The number of carbonyl (C=O) groups is 1. The first-order valence-corrected chi connectivity index (χ1v) is 7.13. The average molecular weight is 330 g/mol. The summed E-state index contributed by atoms with van der Waals surface area (Å²) < 4.78 is 14.0. The summed E-state index contributed by atoms with van der Waals surface area (Å²) in [5.74, 6) is -0.978. The van der Waals surface area contributed by atoms with E-state index in [1.165, 1.54) is 12.1 Å². The van der Waals surface area contributed by atoms with E-state index in [9.17, 15) is 9.18 Å². The number of hydrogen-bond donors (Lipinski definition) is 1. The third kappa shape index (κ3) is 4.01. The van der Waals surface area contributed by atoms with Crippen LogP contribution < -0.4 is 0 Å². The van der Waals surface area contributed by atoms with E-state index in [1.807, 2.05) is 6.07 Å². The summed E-state index contributed by atoms with van der Waals surface area (Å²) in [4.78, 5) is 13.2. The molecule has 1 aromatic carbocycles. The van der Waals surface area contributed by atoms with Crippen LogP contribution in [0.3, 0.4) is 0 Å². The Kier molecular flexibility index (Phi) is 4.58. The van der Waals surface area contributed by atoms with Crippen LogP contribution in [0.1, 0.15) is 18.9 Å². The second-order valence-corrected chi connectivity index (χ2v) is 6.26. The number of halogens is 2. The van der Waals surface area contributed by atoms with Gasteiger partial charge in [-0.25, -0.2) is 4.39 Å². The average Bonchev–Trinajstić information content (AvgIpc) is 2.26. The molecule has 0 radical (unpaired) electrons. The Morgan fingerprint density at radius 2 is 2.21 bits per heavy atom. The zero-order valence-electron chi connectivity index (χ0n) is 10.8. The summed E-state index contributed by atoms with van der Waals surface area (Å²) in [5.41, 5.74) is 0.866. The maximum atomic E-state index is 13.3. The van der Waals surface area contributed by atoms with Gasteiger partial charge in [-0.3, -0.25) is 9.69 Å². The first kappa shape index (κ1) is 14.5. The Morgan fingerprint density at radius 3 is 2.84 bits per heavy atom. The summed E-state index contributed by atoms with van der Waals surface area (Å²) in [6.45, 7) is 4.04. The fraction of sp³-hybridized carbons (Fsp3) is 0.500. The van der Waals surface area contributed by atoms with Gasteiger partial charge in [0.05, 0.1) is 5.92 Å². The lowest BCUT2D eigenvalue weighted by molar-refractivity contribution is -0.144. The van der Waals surface area contributed by atoms with Gasteiger partial charge in [-0.05, 0) is 36.1 Å². The Bertz CT molecular complexity index is 460. The monoisotopic (exact) mass is 329 g/mol. The van der Waals surface area contributed by atoms with Crippen molar-refractivity contribution in [1.82, 2.24) is 4.90 Å². The van der Waals surface area contributed by atoms with E-state index in [4.69, 9.17) is 5.11 Å². The van der Waals surface area contributed by atoms with Gasteiger partial charge in [-0.15, -0.1) is 0 Å².